The van der Waals surface area contributed by atoms with Gasteiger partial charge in [0, 0.05) is 29.5 Å². The Morgan fingerprint density at radius 1 is 1.26 bits per heavy atom. The van der Waals surface area contributed by atoms with Crippen molar-refractivity contribution >= 4 is 45.2 Å². The van der Waals surface area contributed by atoms with Crippen LogP contribution in [0.4, 0.5) is 11.4 Å². The fourth-order valence-corrected chi connectivity index (χ4v) is 5.88. The Kier molecular flexibility index (Phi) is 6.66. The van der Waals surface area contributed by atoms with Crippen LogP contribution in [-0.2, 0) is 0 Å². The van der Waals surface area contributed by atoms with Gasteiger partial charge in [0.15, 0.2) is 0 Å². The molecule has 198 valence electrons. The summed E-state index contributed by atoms with van der Waals surface area (Å²) in [5, 5.41) is 20.2. The van der Waals surface area contributed by atoms with E-state index in [1.54, 1.807) is 17.8 Å². The Morgan fingerprint density at radius 3 is 2.77 bits per heavy atom. The minimum absolute atomic E-state index is 0.0169. The van der Waals surface area contributed by atoms with Crippen molar-refractivity contribution in [2.75, 3.05) is 10.6 Å². The molecule has 2 aromatic carbocycles. The van der Waals surface area contributed by atoms with Crippen LogP contribution >= 0.6 is 22.9 Å². The molecule has 4 aromatic rings. The van der Waals surface area contributed by atoms with Gasteiger partial charge in [-0.15, -0.1) is 16.9 Å². The largest absolute Gasteiger partial charge is 0.377 e. The zero-order valence-corrected chi connectivity index (χ0v) is 23.2. The fourth-order valence-electron chi connectivity index (χ4n) is 4.79. The summed E-state index contributed by atoms with van der Waals surface area (Å²) in [7, 11) is 0. The first-order chi connectivity index (χ1) is 19.4. The topological polar surface area (TPSA) is 101 Å². The van der Waals surface area contributed by atoms with Crippen molar-refractivity contribution in [3.05, 3.63) is 92.8 Å². The molecule has 3 heterocycles. The molecule has 4 N–H and O–H groups in total. The number of thiazole rings is 1. The summed E-state index contributed by atoms with van der Waals surface area (Å²) in [6.45, 7) is 4.01. The van der Waals surface area contributed by atoms with Crippen LogP contribution in [0.5, 0.6) is 0 Å². The summed E-state index contributed by atoms with van der Waals surface area (Å²) in [4.78, 5) is 9.70. The van der Waals surface area contributed by atoms with E-state index < -0.39 is 6.02 Å². The normalized spacial score (nSPS) is 17.5. The summed E-state index contributed by atoms with van der Waals surface area (Å²) in [5.74, 6) is 0. The quantitative estimate of drug-likeness (QED) is 0.183. The molecule has 1 saturated carbocycles. The maximum atomic E-state index is 9.99. The van der Waals surface area contributed by atoms with Crippen LogP contribution in [0.1, 0.15) is 61.3 Å². The highest BCUT2D eigenvalue weighted by Gasteiger charge is 2.33. The molecular weight excluding hydrogens is 528 g/mol. The van der Waals surface area contributed by atoms with Crippen molar-refractivity contribution in [1.29, 1.82) is 5.26 Å². The van der Waals surface area contributed by atoms with Gasteiger partial charge < -0.3 is 16.1 Å². The third-order valence-electron chi connectivity index (χ3n) is 7.01. The van der Waals surface area contributed by atoms with Crippen LogP contribution < -0.4 is 21.6 Å². The fraction of sp³-hybridized carbons (Fsp3) is 0.276. The second-order valence-corrected chi connectivity index (χ2v) is 11.0. The van der Waals surface area contributed by atoms with E-state index in [1.807, 2.05) is 42.4 Å². The lowest BCUT2D eigenvalue weighted by molar-refractivity contribution is 0.260. The van der Waals surface area contributed by atoms with E-state index in [0.717, 1.165) is 35.4 Å². The van der Waals surface area contributed by atoms with Crippen LogP contribution in [-0.4, -0.2) is 21.0 Å². The van der Waals surface area contributed by atoms with Gasteiger partial charge in [0.05, 0.1) is 51.0 Å². The smallest absolute Gasteiger partial charge is 0.106 e. The Labute approximate surface area is 238 Å². The number of hydrazine groups is 2. The van der Waals surface area contributed by atoms with Gasteiger partial charge in [0.25, 0.3) is 0 Å². The van der Waals surface area contributed by atoms with E-state index in [4.69, 9.17) is 11.6 Å². The highest BCUT2D eigenvalue weighted by atomic mass is 35.5. The molecule has 2 atom stereocenters. The summed E-state index contributed by atoms with van der Waals surface area (Å²) in [6.07, 6.45) is 6.55. The third-order valence-corrected chi connectivity index (χ3v) is 8.25. The van der Waals surface area contributed by atoms with Gasteiger partial charge in [-0.3, -0.25) is 9.99 Å². The van der Waals surface area contributed by atoms with Crippen LogP contribution in [0.25, 0.3) is 10.9 Å². The number of anilines is 2. The lowest BCUT2D eigenvalue weighted by Gasteiger charge is -2.23. The SMILES string of the molecule is [2H][C@@](Nc1cc(Cl)c2ncc(C#N)c(N[C@H](CC)c3ccccc3)c2c1)(C1=CN(C2CC2)NN1)c1scnc1C. The molecular formula is C29H29ClN8S. The number of nitrogens with one attached hydrogen (secondary N) is 4. The second kappa shape index (κ2) is 10.7. The predicted molar refractivity (Wildman–Crippen MR) is 157 cm³/mol. The molecule has 8 nitrogen and oxygen atoms in total. The number of pyridine rings is 1. The molecule has 0 bridgehead atoms. The van der Waals surface area contributed by atoms with Crippen LogP contribution in [0.2, 0.25) is 5.02 Å². The minimum atomic E-state index is -1.37. The maximum absolute atomic E-state index is 9.99. The summed E-state index contributed by atoms with van der Waals surface area (Å²) in [6, 6.07) is 15.2. The van der Waals surface area contributed by atoms with Gasteiger partial charge in [-0.25, -0.2) is 4.98 Å². The van der Waals surface area contributed by atoms with E-state index in [2.05, 4.69) is 56.7 Å². The number of benzene rings is 2. The van der Waals surface area contributed by atoms with Crippen molar-refractivity contribution in [1.82, 2.24) is 25.9 Å². The van der Waals surface area contributed by atoms with Crippen molar-refractivity contribution in [2.24, 2.45) is 0 Å². The van der Waals surface area contributed by atoms with E-state index in [0.29, 0.717) is 44.6 Å². The zero-order valence-electron chi connectivity index (χ0n) is 22.6. The van der Waals surface area contributed by atoms with Crippen LogP contribution in [0, 0.1) is 18.3 Å². The number of hydrogen-bond acceptors (Lipinski definition) is 9. The van der Waals surface area contributed by atoms with Gasteiger partial charge in [-0.2, -0.15) is 5.26 Å². The van der Waals surface area contributed by atoms with Gasteiger partial charge in [0.2, 0.25) is 0 Å². The van der Waals surface area contributed by atoms with E-state index in [-0.39, 0.29) is 6.04 Å². The first kappa shape index (κ1) is 24.2. The Hall–Kier alpha value is -3.84. The van der Waals surface area contributed by atoms with Gasteiger partial charge in [-0.05, 0) is 43.9 Å². The third kappa shape index (κ3) is 5.11. The van der Waals surface area contributed by atoms with Crippen molar-refractivity contribution in [3.8, 4) is 6.07 Å². The monoisotopic (exact) mass is 557 g/mol. The maximum Gasteiger partial charge on any atom is 0.106 e. The zero-order chi connectivity index (χ0) is 27.9. The highest BCUT2D eigenvalue weighted by molar-refractivity contribution is 7.09. The molecule has 2 aliphatic rings. The number of nitrogens with zero attached hydrogens (tertiary/aromatic N) is 4. The predicted octanol–water partition coefficient (Wildman–Crippen LogP) is 6.57. The Bertz CT molecular complexity index is 1630. The number of hydrogen-bond donors (Lipinski definition) is 4. The molecule has 0 spiro atoms. The molecule has 1 fully saturated rings. The molecule has 39 heavy (non-hydrogen) atoms. The lowest BCUT2D eigenvalue weighted by atomic mass is 10.0. The molecule has 1 aliphatic carbocycles. The number of aromatic nitrogens is 2. The molecule has 1 aliphatic heterocycles. The molecule has 0 saturated heterocycles. The van der Waals surface area contributed by atoms with Gasteiger partial charge in [0.1, 0.15) is 12.1 Å². The number of rotatable bonds is 9. The second-order valence-electron chi connectivity index (χ2n) is 9.71. The lowest BCUT2D eigenvalue weighted by Crippen LogP contribution is -2.38. The van der Waals surface area contributed by atoms with Crippen molar-refractivity contribution < 1.29 is 1.37 Å². The summed E-state index contributed by atoms with van der Waals surface area (Å²) >= 11 is 8.22. The Morgan fingerprint density at radius 2 is 2.08 bits per heavy atom. The first-order valence-corrected chi connectivity index (χ1v) is 14.2. The van der Waals surface area contributed by atoms with Crippen molar-refractivity contribution in [3.63, 3.8) is 0 Å². The number of nitriles is 1. The highest BCUT2D eigenvalue weighted by Crippen LogP contribution is 2.39. The average Bonchev–Trinajstić information content (AvgIpc) is 3.51. The van der Waals surface area contributed by atoms with Gasteiger partial charge >= 0.3 is 0 Å². The number of fused-ring (bicyclic) bond motifs is 1. The molecule has 0 unspecified atom stereocenters. The van der Waals surface area contributed by atoms with Gasteiger partial charge in [-0.1, -0.05) is 48.9 Å². The molecule has 0 radical (unpaired) electrons. The molecule has 6 rings (SSSR count). The van der Waals surface area contributed by atoms with Crippen LogP contribution in [0.3, 0.4) is 0 Å². The Balaban J connectivity index is 1.44. The summed E-state index contributed by atoms with van der Waals surface area (Å²) < 4.78 is 9.71. The van der Waals surface area contributed by atoms with E-state index >= 15 is 0 Å². The average molecular weight is 558 g/mol. The number of halogens is 1. The molecule has 0 amide bonds. The minimum Gasteiger partial charge on any atom is -0.377 e. The molecule has 2 aromatic heterocycles. The van der Waals surface area contributed by atoms with Crippen molar-refractivity contribution in [2.45, 2.75) is 51.2 Å². The van der Waals surface area contributed by atoms with Crippen LogP contribution in [0.15, 0.2) is 66.1 Å². The van der Waals surface area contributed by atoms with E-state index in [1.165, 1.54) is 11.3 Å². The standard InChI is InChI=1S/C29H29ClN8S/c1-3-24(18-7-5-4-6-8-18)35-26-19(13-31)14-32-27-22(26)11-20(12-23(27)30)34-28(29-17(2)33-16-39-29)25-15-38(37-36-25)21-9-10-21/h4-8,11-12,14-16,21,24,28,34,36-37H,3,9-10H2,1-2H3,(H,32,35)/t24-,28-/m1/s1/i28D. The first-order valence-electron chi connectivity index (χ1n) is 13.5. The van der Waals surface area contributed by atoms with E-state index in [9.17, 15) is 6.63 Å². The summed E-state index contributed by atoms with van der Waals surface area (Å²) in [5.41, 5.74) is 13.0. The number of aryl methyl sites for hydroxylation is 1. The molecule has 10 heteroatoms.